The van der Waals surface area contributed by atoms with Gasteiger partial charge in [-0.05, 0) is 25.1 Å². The zero-order valence-corrected chi connectivity index (χ0v) is 12.5. The van der Waals surface area contributed by atoms with E-state index in [0.29, 0.717) is 5.75 Å². The molecule has 0 fully saturated rings. The molecule has 0 aliphatic rings. The van der Waals surface area contributed by atoms with E-state index >= 15 is 0 Å². The SMILES string of the molecule is COc1ccc(S(=O)(=O)NCc2cn[nH]c2C)cc1Cl. The summed E-state index contributed by atoms with van der Waals surface area (Å²) >= 11 is 5.93. The first-order chi connectivity index (χ1) is 9.44. The van der Waals surface area contributed by atoms with Crippen molar-refractivity contribution in [3.8, 4) is 5.75 Å². The first-order valence-corrected chi connectivity index (χ1v) is 7.62. The van der Waals surface area contributed by atoms with Crippen LogP contribution in [-0.2, 0) is 16.6 Å². The molecule has 0 bridgehead atoms. The molecular formula is C12H14ClN3O3S. The number of nitrogens with zero attached hydrogens (tertiary/aromatic N) is 1. The molecule has 2 aromatic rings. The Morgan fingerprint density at radius 1 is 1.45 bits per heavy atom. The highest BCUT2D eigenvalue weighted by Gasteiger charge is 2.16. The number of hydrogen-bond acceptors (Lipinski definition) is 4. The van der Waals surface area contributed by atoms with Gasteiger partial charge in [0.2, 0.25) is 10.0 Å². The summed E-state index contributed by atoms with van der Waals surface area (Å²) in [6, 6.07) is 4.31. The minimum atomic E-state index is -3.63. The maximum absolute atomic E-state index is 12.1. The van der Waals surface area contributed by atoms with Gasteiger partial charge in [-0.25, -0.2) is 13.1 Å². The number of halogens is 1. The standard InChI is InChI=1S/C12H14ClN3O3S/c1-8-9(6-14-16-8)7-15-20(17,18)10-3-4-12(19-2)11(13)5-10/h3-6,15H,7H2,1-2H3,(H,14,16). The minimum absolute atomic E-state index is 0.0875. The van der Waals surface area contributed by atoms with Crippen LogP contribution < -0.4 is 9.46 Å². The molecule has 6 nitrogen and oxygen atoms in total. The van der Waals surface area contributed by atoms with Gasteiger partial charge in [0.25, 0.3) is 0 Å². The van der Waals surface area contributed by atoms with Crippen LogP contribution in [-0.4, -0.2) is 25.7 Å². The maximum atomic E-state index is 12.1. The van der Waals surface area contributed by atoms with E-state index in [1.807, 2.05) is 6.92 Å². The number of H-pyrrole nitrogens is 1. The Kier molecular flexibility index (Phi) is 4.32. The number of aromatic nitrogens is 2. The van der Waals surface area contributed by atoms with E-state index in [1.165, 1.54) is 25.3 Å². The largest absolute Gasteiger partial charge is 0.495 e. The van der Waals surface area contributed by atoms with E-state index in [9.17, 15) is 8.42 Å². The second kappa shape index (κ2) is 5.82. The number of methoxy groups -OCH3 is 1. The number of aromatic amines is 1. The molecule has 1 aromatic heterocycles. The summed E-state index contributed by atoms with van der Waals surface area (Å²) in [5, 5.41) is 6.83. The van der Waals surface area contributed by atoms with Crippen molar-refractivity contribution in [2.75, 3.05) is 7.11 Å². The van der Waals surface area contributed by atoms with Crippen LogP contribution in [0.15, 0.2) is 29.3 Å². The van der Waals surface area contributed by atoms with Crippen molar-refractivity contribution >= 4 is 21.6 Å². The van der Waals surface area contributed by atoms with Crippen LogP contribution in [0.2, 0.25) is 5.02 Å². The maximum Gasteiger partial charge on any atom is 0.240 e. The molecule has 108 valence electrons. The number of aryl methyl sites for hydroxylation is 1. The van der Waals surface area contributed by atoms with Crippen LogP contribution in [0.5, 0.6) is 5.75 Å². The second-order valence-electron chi connectivity index (χ2n) is 4.14. The molecule has 0 spiro atoms. The molecule has 0 saturated heterocycles. The third-order valence-corrected chi connectivity index (χ3v) is 4.51. The molecule has 2 N–H and O–H groups in total. The molecule has 20 heavy (non-hydrogen) atoms. The average Bonchev–Trinajstić information content (AvgIpc) is 2.82. The van der Waals surface area contributed by atoms with Crippen molar-refractivity contribution in [1.29, 1.82) is 0 Å². The Morgan fingerprint density at radius 3 is 2.75 bits per heavy atom. The lowest BCUT2D eigenvalue weighted by atomic mass is 10.3. The van der Waals surface area contributed by atoms with E-state index in [2.05, 4.69) is 14.9 Å². The second-order valence-corrected chi connectivity index (χ2v) is 6.32. The van der Waals surface area contributed by atoms with Gasteiger partial charge in [0.15, 0.2) is 0 Å². The Morgan fingerprint density at radius 2 is 2.20 bits per heavy atom. The van der Waals surface area contributed by atoms with Gasteiger partial charge >= 0.3 is 0 Å². The van der Waals surface area contributed by atoms with Crippen molar-refractivity contribution in [3.05, 3.63) is 40.7 Å². The van der Waals surface area contributed by atoms with Crippen LogP contribution in [0, 0.1) is 6.92 Å². The zero-order valence-electron chi connectivity index (χ0n) is 11.0. The summed E-state index contributed by atoms with van der Waals surface area (Å²) in [5.74, 6) is 0.427. The Balaban J connectivity index is 2.18. The van der Waals surface area contributed by atoms with Gasteiger partial charge < -0.3 is 4.74 Å². The van der Waals surface area contributed by atoms with Gasteiger partial charge in [0.1, 0.15) is 5.75 Å². The summed E-state index contributed by atoms with van der Waals surface area (Å²) in [6.45, 7) is 1.98. The third-order valence-electron chi connectivity index (χ3n) is 2.82. The minimum Gasteiger partial charge on any atom is -0.495 e. The van der Waals surface area contributed by atoms with Gasteiger partial charge in [0.05, 0.1) is 23.2 Å². The summed E-state index contributed by atoms with van der Waals surface area (Å²) in [4.78, 5) is 0.0875. The van der Waals surface area contributed by atoms with Crippen molar-refractivity contribution in [2.24, 2.45) is 0 Å². The molecule has 0 aliphatic heterocycles. The summed E-state index contributed by atoms with van der Waals surface area (Å²) < 4.78 is 31.8. The fourth-order valence-corrected chi connectivity index (χ4v) is 2.98. The van der Waals surface area contributed by atoms with Gasteiger partial charge in [-0.15, -0.1) is 0 Å². The van der Waals surface area contributed by atoms with Crippen LogP contribution in [0.1, 0.15) is 11.3 Å². The van der Waals surface area contributed by atoms with E-state index in [0.717, 1.165) is 11.3 Å². The third kappa shape index (κ3) is 3.12. The van der Waals surface area contributed by atoms with Gasteiger partial charge in [-0.3, -0.25) is 5.10 Å². The molecule has 1 aromatic carbocycles. The summed E-state index contributed by atoms with van der Waals surface area (Å²) in [6.07, 6.45) is 1.58. The van der Waals surface area contributed by atoms with Gasteiger partial charge in [-0.2, -0.15) is 5.10 Å². The average molecular weight is 316 g/mol. The molecule has 2 rings (SSSR count). The normalized spacial score (nSPS) is 11.6. The number of nitrogens with one attached hydrogen (secondary N) is 2. The molecule has 0 unspecified atom stereocenters. The van der Waals surface area contributed by atoms with Crippen molar-refractivity contribution in [1.82, 2.24) is 14.9 Å². The van der Waals surface area contributed by atoms with Crippen molar-refractivity contribution in [2.45, 2.75) is 18.4 Å². The highest BCUT2D eigenvalue weighted by Crippen LogP contribution is 2.26. The molecule has 0 radical (unpaired) electrons. The molecule has 0 aliphatic carbocycles. The Labute approximate surface area is 122 Å². The highest BCUT2D eigenvalue weighted by molar-refractivity contribution is 7.89. The predicted octanol–water partition coefficient (Wildman–Crippen LogP) is 1.86. The first kappa shape index (κ1) is 14.8. The molecule has 8 heteroatoms. The lowest BCUT2D eigenvalue weighted by molar-refractivity contribution is 0.414. The molecule has 1 heterocycles. The predicted molar refractivity (Wildman–Crippen MR) is 75.4 cm³/mol. The fourth-order valence-electron chi connectivity index (χ4n) is 1.62. The highest BCUT2D eigenvalue weighted by atomic mass is 35.5. The van der Waals surface area contributed by atoms with E-state index in [4.69, 9.17) is 16.3 Å². The lowest BCUT2D eigenvalue weighted by Gasteiger charge is -2.08. The number of benzene rings is 1. The lowest BCUT2D eigenvalue weighted by Crippen LogP contribution is -2.23. The van der Waals surface area contributed by atoms with Crippen LogP contribution in [0.4, 0.5) is 0 Å². The van der Waals surface area contributed by atoms with Crippen LogP contribution >= 0.6 is 11.6 Å². The summed E-state index contributed by atoms with van der Waals surface area (Å²) in [7, 11) is -2.16. The topological polar surface area (TPSA) is 84.1 Å². The molecule has 0 saturated carbocycles. The zero-order chi connectivity index (χ0) is 14.8. The van der Waals surface area contributed by atoms with Crippen LogP contribution in [0.25, 0.3) is 0 Å². The van der Waals surface area contributed by atoms with Crippen molar-refractivity contribution in [3.63, 3.8) is 0 Å². The number of hydrogen-bond donors (Lipinski definition) is 2. The molecule has 0 amide bonds. The fraction of sp³-hybridized carbons (Fsp3) is 0.250. The monoisotopic (exact) mass is 315 g/mol. The Hall–Kier alpha value is -1.57. The first-order valence-electron chi connectivity index (χ1n) is 5.76. The van der Waals surface area contributed by atoms with Gasteiger partial charge in [0, 0.05) is 17.8 Å². The smallest absolute Gasteiger partial charge is 0.240 e. The van der Waals surface area contributed by atoms with E-state index in [1.54, 1.807) is 6.20 Å². The summed E-state index contributed by atoms with van der Waals surface area (Å²) in [5.41, 5.74) is 1.61. The van der Waals surface area contributed by atoms with E-state index < -0.39 is 10.0 Å². The van der Waals surface area contributed by atoms with E-state index in [-0.39, 0.29) is 16.5 Å². The van der Waals surface area contributed by atoms with Crippen molar-refractivity contribution < 1.29 is 13.2 Å². The number of sulfonamides is 1. The molecular weight excluding hydrogens is 302 g/mol. The molecule has 0 atom stereocenters. The van der Waals surface area contributed by atoms with Gasteiger partial charge in [-0.1, -0.05) is 11.6 Å². The number of ether oxygens (including phenoxy) is 1. The Bertz CT molecular complexity index is 712. The number of rotatable bonds is 5. The van der Waals surface area contributed by atoms with Crippen LogP contribution in [0.3, 0.4) is 0 Å². The quantitative estimate of drug-likeness (QED) is 0.882.